The molecule has 3 amide bonds. The maximum Gasteiger partial charge on any atom is 0.321 e. The summed E-state index contributed by atoms with van der Waals surface area (Å²) in [6, 6.07) is 4.10. The second-order valence-corrected chi connectivity index (χ2v) is 6.87. The molecule has 2 rings (SSSR count). The molecule has 0 atom stereocenters. The molecular formula is C16H25N3O2S. The molecule has 5 nitrogen and oxygen atoms in total. The monoisotopic (exact) mass is 323 g/mol. The summed E-state index contributed by atoms with van der Waals surface area (Å²) in [7, 11) is 1.96. The lowest BCUT2D eigenvalue weighted by atomic mass is 9.94. The van der Waals surface area contributed by atoms with E-state index < -0.39 is 6.03 Å². The highest BCUT2D eigenvalue weighted by Gasteiger charge is 2.20. The lowest BCUT2D eigenvalue weighted by Gasteiger charge is -2.30. The SMILES string of the molecule is CN(CC(=O)NC(=O)NCCc1cccs1)C1CCCCC1. The molecule has 122 valence electrons. The van der Waals surface area contributed by atoms with Gasteiger partial charge in [0.25, 0.3) is 0 Å². The number of carbonyl (C=O) groups excluding carboxylic acids is 2. The number of carbonyl (C=O) groups is 2. The van der Waals surface area contributed by atoms with Crippen molar-refractivity contribution in [3.8, 4) is 0 Å². The minimum Gasteiger partial charge on any atom is -0.337 e. The highest BCUT2D eigenvalue weighted by atomic mass is 32.1. The molecule has 0 spiro atoms. The first-order valence-corrected chi connectivity index (χ1v) is 8.83. The van der Waals surface area contributed by atoms with E-state index in [1.165, 1.54) is 24.1 Å². The van der Waals surface area contributed by atoms with Crippen molar-refractivity contribution >= 4 is 23.3 Å². The Kier molecular flexibility index (Phi) is 6.86. The van der Waals surface area contributed by atoms with Crippen LogP contribution in [-0.2, 0) is 11.2 Å². The van der Waals surface area contributed by atoms with E-state index >= 15 is 0 Å². The minimum atomic E-state index is -0.404. The van der Waals surface area contributed by atoms with Crippen LogP contribution < -0.4 is 10.6 Å². The average Bonchev–Trinajstić information content (AvgIpc) is 3.01. The van der Waals surface area contributed by atoms with Crippen molar-refractivity contribution in [1.29, 1.82) is 0 Å². The van der Waals surface area contributed by atoms with Crippen molar-refractivity contribution in [2.75, 3.05) is 20.1 Å². The number of nitrogens with one attached hydrogen (secondary N) is 2. The zero-order chi connectivity index (χ0) is 15.8. The van der Waals surface area contributed by atoms with Gasteiger partial charge in [0.1, 0.15) is 0 Å². The Bertz CT molecular complexity index is 470. The molecule has 0 bridgehead atoms. The van der Waals surface area contributed by atoms with Crippen molar-refractivity contribution in [1.82, 2.24) is 15.5 Å². The average molecular weight is 323 g/mol. The van der Waals surface area contributed by atoms with Crippen LogP contribution >= 0.6 is 11.3 Å². The molecule has 0 saturated heterocycles. The van der Waals surface area contributed by atoms with E-state index in [-0.39, 0.29) is 12.5 Å². The summed E-state index contributed by atoms with van der Waals surface area (Å²) in [5.41, 5.74) is 0. The standard InChI is InChI=1S/C16H25N3O2S/c1-19(13-6-3-2-4-7-13)12-15(20)18-16(21)17-10-9-14-8-5-11-22-14/h5,8,11,13H,2-4,6-7,9-10,12H2,1H3,(H2,17,18,20,21). The number of amides is 3. The smallest absolute Gasteiger partial charge is 0.321 e. The highest BCUT2D eigenvalue weighted by Crippen LogP contribution is 2.21. The summed E-state index contributed by atoms with van der Waals surface area (Å²) in [6.45, 7) is 0.821. The molecule has 0 radical (unpaired) electrons. The van der Waals surface area contributed by atoms with Crippen molar-refractivity contribution in [2.24, 2.45) is 0 Å². The first-order chi connectivity index (χ1) is 10.6. The Labute approximate surface area is 136 Å². The molecule has 6 heteroatoms. The van der Waals surface area contributed by atoms with E-state index in [4.69, 9.17) is 0 Å². The molecule has 0 aliphatic heterocycles. The Balaban J connectivity index is 1.61. The Morgan fingerprint density at radius 2 is 2.09 bits per heavy atom. The van der Waals surface area contributed by atoms with Crippen LogP contribution in [0.4, 0.5) is 4.79 Å². The molecule has 22 heavy (non-hydrogen) atoms. The third-order valence-corrected chi connectivity index (χ3v) is 5.02. The van der Waals surface area contributed by atoms with Crippen molar-refractivity contribution in [2.45, 2.75) is 44.6 Å². The van der Waals surface area contributed by atoms with Gasteiger partial charge in [-0.2, -0.15) is 0 Å². The Morgan fingerprint density at radius 1 is 1.32 bits per heavy atom. The molecule has 1 heterocycles. The van der Waals surface area contributed by atoms with Crippen LogP contribution in [-0.4, -0.2) is 43.0 Å². The second-order valence-electron chi connectivity index (χ2n) is 5.84. The summed E-state index contributed by atoms with van der Waals surface area (Å²) >= 11 is 1.67. The number of hydrogen-bond acceptors (Lipinski definition) is 4. The quantitative estimate of drug-likeness (QED) is 0.845. The number of rotatable bonds is 6. The first-order valence-electron chi connectivity index (χ1n) is 7.95. The van der Waals surface area contributed by atoms with E-state index in [1.54, 1.807) is 11.3 Å². The van der Waals surface area contributed by atoms with Crippen molar-refractivity contribution in [3.63, 3.8) is 0 Å². The van der Waals surface area contributed by atoms with Crippen LogP contribution in [0.3, 0.4) is 0 Å². The van der Waals surface area contributed by atoms with Crippen LogP contribution in [0.2, 0.25) is 0 Å². The third kappa shape index (κ3) is 5.77. The van der Waals surface area contributed by atoms with Gasteiger partial charge in [-0.15, -0.1) is 11.3 Å². The lowest BCUT2D eigenvalue weighted by molar-refractivity contribution is -0.121. The minimum absolute atomic E-state index is 0.235. The lowest BCUT2D eigenvalue weighted by Crippen LogP contribution is -2.46. The van der Waals surface area contributed by atoms with E-state index in [9.17, 15) is 9.59 Å². The fraction of sp³-hybridized carbons (Fsp3) is 0.625. The molecule has 1 saturated carbocycles. The van der Waals surface area contributed by atoms with Gasteiger partial charge in [0.05, 0.1) is 6.54 Å². The van der Waals surface area contributed by atoms with Crippen LogP contribution in [0.15, 0.2) is 17.5 Å². The van der Waals surface area contributed by atoms with Gasteiger partial charge in [0, 0.05) is 17.5 Å². The van der Waals surface area contributed by atoms with E-state index in [0.29, 0.717) is 12.6 Å². The van der Waals surface area contributed by atoms with E-state index in [0.717, 1.165) is 19.3 Å². The predicted molar refractivity (Wildman–Crippen MR) is 89.1 cm³/mol. The van der Waals surface area contributed by atoms with Gasteiger partial charge in [-0.1, -0.05) is 25.3 Å². The molecule has 1 fully saturated rings. The van der Waals surface area contributed by atoms with Crippen molar-refractivity contribution in [3.05, 3.63) is 22.4 Å². The molecule has 1 aliphatic rings. The summed E-state index contributed by atoms with van der Waals surface area (Å²) in [5, 5.41) is 7.14. The normalized spacial score (nSPS) is 15.7. The fourth-order valence-electron chi connectivity index (χ4n) is 2.84. The predicted octanol–water partition coefficient (Wildman–Crippen LogP) is 2.38. The van der Waals surface area contributed by atoms with Gasteiger partial charge in [0.2, 0.25) is 5.91 Å². The van der Waals surface area contributed by atoms with E-state index in [1.807, 2.05) is 24.6 Å². The van der Waals surface area contributed by atoms with Gasteiger partial charge < -0.3 is 5.32 Å². The van der Waals surface area contributed by atoms with Crippen LogP contribution in [0, 0.1) is 0 Å². The number of imide groups is 1. The molecule has 1 aromatic rings. The first kappa shape index (κ1) is 17.0. The van der Waals surface area contributed by atoms with Gasteiger partial charge in [-0.3, -0.25) is 15.0 Å². The molecule has 1 aromatic heterocycles. The van der Waals surface area contributed by atoms with Gasteiger partial charge >= 0.3 is 6.03 Å². The van der Waals surface area contributed by atoms with Gasteiger partial charge in [0.15, 0.2) is 0 Å². The molecule has 0 aromatic carbocycles. The Hall–Kier alpha value is -1.40. The fourth-order valence-corrected chi connectivity index (χ4v) is 3.55. The maximum absolute atomic E-state index is 11.9. The summed E-state index contributed by atoms with van der Waals surface area (Å²) in [6.07, 6.45) is 6.86. The number of nitrogens with zero attached hydrogens (tertiary/aromatic N) is 1. The zero-order valence-corrected chi connectivity index (χ0v) is 14.0. The number of thiophene rings is 1. The van der Waals surface area contributed by atoms with Crippen LogP contribution in [0.5, 0.6) is 0 Å². The van der Waals surface area contributed by atoms with Crippen LogP contribution in [0.1, 0.15) is 37.0 Å². The van der Waals surface area contributed by atoms with Gasteiger partial charge in [-0.25, -0.2) is 4.79 Å². The molecule has 0 unspecified atom stereocenters. The largest absolute Gasteiger partial charge is 0.337 e. The maximum atomic E-state index is 11.9. The highest BCUT2D eigenvalue weighted by molar-refractivity contribution is 7.09. The second kappa shape index (κ2) is 8.90. The Morgan fingerprint density at radius 3 is 2.77 bits per heavy atom. The van der Waals surface area contributed by atoms with Gasteiger partial charge in [-0.05, 0) is 37.8 Å². The topological polar surface area (TPSA) is 61.4 Å². The summed E-state index contributed by atoms with van der Waals surface area (Å²) in [5.74, 6) is -0.235. The van der Waals surface area contributed by atoms with Crippen LogP contribution in [0.25, 0.3) is 0 Å². The number of urea groups is 1. The number of hydrogen-bond donors (Lipinski definition) is 2. The third-order valence-electron chi connectivity index (χ3n) is 4.08. The molecule has 2 N–H and O–H groups in total. The van der Waals surface area contributed by atoms with Crippen molar-refractivity contribution < 1.29 is 9.59 Å². The molecular weight excluding hydrogens is 298 g/mol. The molecule has 1 aliphatic carbocycles. The number of likely N-dealkylation sites (N-methyl/N-ethyl adjacent to an activating group) is 1. The zero-order valence-electron chi connectivity index (χ0n) is 13.1. The summed E-state index contributed by atoms with van der Waals surface area (Å²) in [4.78, 5) is 26.9. The summed E-state index contributed by atoms with van der Waals surface area (Å²) < 4.78 is 0. The van der Waals surface area contributed by atoms with E-state index in [2.05, 4.69) is 15.5 Å².